The summed E-state index contributed by atoms with van der Waals surface area (Å²) < 4.78 is 15.9. The van der Waals surface area contributed by atoms with Crippen molar-refractivity contribution in [2.24, 2.45) is 0 Å². The van der Waals surface area contributed by atoms with E-state index in [0.29, 0.717) is 23.5 Å². The van der Waals surface area contributed by atoms with E-state index in [-0.39, 0.29) is 11.6 Å². The molecule has 128 valence electrons. The summed E-state index contributed by atoms with van der Waals surface area (Å²) in [7, 11) is 1.35. The Hall–Kier alpha value is -3.08. The zero-order valence-electron chi connectivity index (χ0n) is 14.3. The van der Waals surface area contributed by atoms with Crippen molar-refractivity contribution in [3.8, 4) is 5.75 Å². The predicted molar refractivity (Wildman–Crippen MR) is 94.1 cm³/mol. The lowest BCUT2D eigenvalue weighted by Crippen LogP contribution is -2.03. The summed E-state index contributed by atoms with van der Waals surface area (Å²) in [6.07, 6.45) is 0. The average molecular weight is 338 g/mol. The lowest BCUT2D eigenvalue weighted by atomic mass is 10.1. The van der Waals surface area contributed by atoms with Crippen molar-refractivity contribution in [1.29, 1.82) is 0 Å². The number of fused-ring (bicyclic) bond motifs is 1. The number of rotatable bonds is 4. The van der Waals surface area contributed by atoms with Crippen molar-refractivity contribution in [2.45, 2.75) is 20.5 Å². The van der Waals surface area contributed by atoms with E-state index in [4.69, 9.17) is 9.15 Å². The van der Waals surface area contributed by atoms with E-state index in [0.717, 1.165) is 22.1 Å². The van der Waals surface area contributed by atoms with Crippen LogP contribution in [0.2, 0.25) is 0 Å². The summed E-state index contributed by atoms with van der Waals surface area (Å²) in [5.74, 6) is 0.288. The number of methoxy groups -OCH3 is 1. The molecule has 0 saturated heterocycles. The molecule has 5 heteroatoms. The van der Waals surface area contributed by atoms with E-state index in [1.807, 2.05) is 38.1 Å². The summed E-state index contributed by atoms with van der Waals surface area (Å²) in [4.78, 5) is 23.0. The van der Waals surface area contributed by atoms with Crippen molar-refractivity contribution in [1.82, 2.24) is 0 Å². The molecule has 0 spiro atoms. The largest absolute Gasteiger partial charge is 0.488 e. The molecule has 0 atom stereocenters. The first-order valence-corrected chi connectivity index (χ1v) is 7.83. The van der Waals surface area contributed by atoms with Crippen LogP contribution in [0, 0.1) is 13.8 Å². The van der Waals surface area contributed by atoms with Crippen molar-refractivity contribution in [3.63, 3.8) is 0 Å². The van der Waals surface area contributed by atoms with Gasteiger partial charge in [-0.2, -0.15) is 0 Å². The third kappa shape index (κ3) is 3.55. The molecule has 0 aliphatic heterocycles. The van der Waals surface area contributed by atoms with E-state index in [1.54, 1.807) is 12.1 Å². The first-order valence-electron chi connectivity index (χ1n) is 7.83. The molecule has 2 aromatic carbocycles. The number of hydrogen-bond acceptors (Lipinski definition) is 5. The van der Waals surface area contributed by atoms with Gasteiger partial charge in [0.25, 0.3) is 0 Å². The molecule has 0 bridgehead atoms. The summed E-state index contributed by atoms with van der Waals surface area (Å²) >= 11 is 0. The number of esters is 1. The van der Waals surface area contributed by atoms with Crippen molar-refractivity contribution >= 4 is 16.9 Å². The first kappa shape index (κ1) is 16.8. The van der Waals surface area contributed by atoms with Gasteiger partial charge in [0.05, 0.1) is 18.1 Å². The zero-order valence-corrected chi connectivity index (χ0v) is 14.3. The van der Waals surface area contributed by atoms with E-state index in [9.17, 15) is 9.59 Å². The number of aryl methyl sites for hydroxylation is 2. The Kier molecular flexibility index (Phi) is 4.57. The second-order valence-electron chi connectivity index (χ2n) is 5.86. The highest BCUT2D eigenvalue weighted by Crippen LogP contribution is 2.30. The number of hydrogen-bond donors (Lipinski definition) is 0. The van der Waals surface area contributed by atoms with Crippen LogP contribution in [0.4, 0.5) is 0 Å². The van der Waals surface area contributed by atoms with Crippen molar-refractivity contribution in [3.05, 3.63) is 75.1 Å². The van der Waals surface area contributed by atoms with Crippen LogP contribution in [-0.4, -0.2) is 13.1 Å². The Morgan fingerprint density at radius 1 is 1.08 bits per heavy atom. The normalized spacial score (nSPS) is 10.7. The van der Waals surface area contributed by atoms with Gasteiger partial charge in [0.15, 0.2) is 0 Å². The maximum Gasteiger partial charge on any atom is 0.337 e. The van der Waals surface area contributed by atoms with Crippen LogP contribution in [0.3, 0.4) is 0 Å². The molecular formula is C20H18O5. The minimum absolute atomic E-state index is 0.332. The van der Waals surface area contributed by atoms with Gasteiger partial charge in [-0.25, -0.2) is 9.59 Å². The summed E-state index contributed by atoms with van der Waals surface area (Å²) in [5, 5.41) is 0.788. The maximum atomic E-state index is 11.6. The first-order chi connectivity index (χ1) is 12.0. The van der Waals surface area contributed by atoms with Gasteiger partial charge in [0, 0.05) is 6.07 Å². The molecule has 5 nitrogen and oxygen atoms in total. The number of carbonyl (C=O) groups is 1. The molecule has 0 saturated carbocycles. The van der Waals surface area contributed by atoms with Crippen LogP contribution in [0.25, 0.3) is 11.0 Å². The Balaban J connectivity index is 1.88. The van der Waals surface area contributed by atoms with Gasteiger partial charge in [0.2, 0.25) is 0 Å². The molecule has 0 amide bonds. The Labute approximate surface area is 144 Å². The highest BCUT2D eigenvalue weighted by Gasteiger charge is 2.11. The van der Waals surface area contributed by atoms with Crippen LogP contribution >= 0.6 is 0 Å². The monoisotopic (exact) mass is 338 g/mol. The molecule has 0 aliphatic carbocycles. The van der Waals surface area contributed by atoms with Crippen LogP contribution in [-0.2, 0) is 11.3 Å². The lowest BCUT2D eigenvalue weighted by molar-refractivity contribution is 0.0600. The summed E-state index contributed by atoms with van der Waals surface area (Å²) in [6, 6.07) is 12.2. The van der Waals surface area contributed by atoms with Gasteiger partial charge in [-0.1, -0.05) is 12.1 Å². The van der Waals surface area contributed by atoms with Gasteiger partial charge in [-0.15, -0.1) is 0 Å². The fourth-order valence-electron chi connectivity index (χ4n) is 2.71. The fourth-order valence-corrected chi connectivity index (χ4v) is 2.71. The highest BCUT2D eigenvalue weighted by atomic mass is 16.5. The molecule has 0 aliphatic rings. The second kappa shape index (κ2) is 6.81. The molecule has 1 heterocycles. The molecular weight excluding hydrogens is 320 g/mol. The third-order valence-electron chi connectivity index (χ3n) is 3.92. The van der Waals surface area contributed by atoms with Gasteiger partial charge in [-0.05, 0) is 54.8 Å². The number of ether oxygens (including phenoxy) is 2. The Morgan fingerprint density at radius 2 is 1.80 bits per heavy atom. The van der Waals surface area contributed by atoms with Crippen molar-refractivity contribution in [2.75, 3.05) is 7.11 Å². The van der Waals surface area contributed by atoms with Gasteiger partial charge in [0.1, 0.15) is 17.9 Å². The minimum Gasteiger partial charge on any atom is -0.488 e. The predicted octanol–water partition coefficient (Wildman–Crippen LogP) is 3.78. The molecule has 3 aromatic rings. The van der Waals surface area contributed by atoms with E-state index < -0.39 is 0 Å². The van der Waals surface area contributed by atoms with Crippen LogP contribution < -0.4 is 10.4 Å². The van der Waals surface area contributed by atoms with Gasteiger partial charge in [-0.3, -0.25) is 0 Å². The second-order valence-corrected chi connectivity index (χ2v) is 5.86. The quantitative estimate of drug-likeness (QED) is 0.535. The standard InChI is InChI=1S/C20H18O5/c1-12-8-16(19-13(2)10-18(21)25-17(19)9-12)24-11-14-4-6-15(7-5-14)20(22)23-3/h4-10H,11H2,1-3H3. The average Bonchev–Trinajstić information content (AvgIpc) is 2.58. The lowest BCUT2D eigenvalue weighted by Gasteiger charge is -2.12. The maximum absolute atomic E-state index is 11.6. The Bertz CT molecular complexity index is 983. The minimum atomic E-state index is -0.375. The van der Waals surface area contributed by atoms with E-state index in [1.165, 1.54) is 13.2 Å². The van der Waals surface area contributed by atoms with Crippen molar-refractivity contribution < 1.29 is 18.7 Å². The zero-order chi connectivity index (χ0) is 18.0. The molecule has 0 unspecified atom stereocenters. The van der Waals surface area contributed by atoms with Crippen LogP contribution in [0.15, 0.2) is 51.7 Å². The van der Waals surface area contributed by atoms with E-state index >= 15 is 0 Å². The third-order valence-corrected chi connectivity index (χ3v) is 3.92. The number of carbonyl (C=O) groups excluding carboxylic acids is 1. The molecule has 0 N–H and O–H groups in total. The van der Waals surface area contributed by atoms with Gasteiger partial charge < -0.3 is 13.9 Å². The SMILES string of the molecule is COC(=O)c1ccc(COc2cc(C)cc3oc(=O)cc(C)c23)cc1. The smallest absolute Gasteiger partial charge is 0.337 e. The fraction of sp³-hybridized carbons (Fsp3) is 0.200. The summed E-state index contributed by atoms with van der Waals surface area (Å²) in [6.45, 7) is 4.10. The molecule has 1 aromatic heterocycles. The van der Waals surface area contributed by atoms with Crippen LogP contribution in [0.1, 0.15) is 27.0 Å². The molecule has 0 radical (unpaired) electrons. The molecule has 3 rings (SSSR count). The van der Waals surface area contributed by atoms with E-state index in [2.05, 4.69) is 4.74 Å². The highest BCUT2D eigenvalue weighted by molar-refractivity contribution is 5.89. The topological polar surface area (TPSA) is 65.7 Å². The van der Waals surface area contributed by atoms with Gasteiger partial charge >= 0.3 is 11.6 Å². The number of benzene rings is 2. The summed E-state index contributed by atoms with van der Waals surface area (Å²) in [5.41, 5.74) is 3.29. The van der Waals surface area contributed by atoms with Crippen LogP contribution in [0.5, 0.6) is 5.75 Å². The Morgan fingerprint density at radius 3 is 2.48 bits per heavy atom. The molecule has 25 heavy (non-hydrogen) atoms. The molecule has 0 fully saturated rings.